The van der Waals surface area contributed by atoms with Crippen LogP contribution in [0, 0.1) is 26.1 Å². The molecular formula is C27H37BrN7O8+. The molecule has 0 bridgehead atoms. The Balaban J connectivity index is 2.60. The largest absolute Gasteiger partial charge is 0.494 e. The number of rotatable bonds is 15. The third kappa shape index (κ3) is 10.2. The van der Waals surface area contributed by atoms with Gasteiger partial charge in [-0.2, -0.15) is 0 Å². The van der Waals surface area contributed by atoms with Crippen molar-refractivity contribution in [3.8, 4) is 5.75 Å². The summed E-state index contributed by atoms with van der Waals surface area (Å²) in [5.41, 5.74) is -0.440. The summed E-state index contributed by atoms with van der Waals surface area (Å²) in [5.74, 6) is -0.565. The summed E-state index contributed by atoms with van der Waals surface area (Å²) in [4.78, 5) is 47.6. The van der Waals surface area contributed by atoms with Crippen LogP contribution in [0.1, 0.15) is 27.2 Å². The number of nitro benzene ring substituents is 2. The van der Waals surface area contributed by atoms with Crippen LogP contribution in [0.4, 0.5) is 34.1 Å². The quantitative estimate of drug-likeness (QED) is 0.0814. The van der Waals surface area contributed by atoms with Crippen LogP contribution in [0.15, 0.2) is 39.0 Å². The molecule has 0 aliphatic carbocycles. The molecule has 0 radical (unpaired) electrons. The fourth-order valence-corrected chi connectivity index (χ4v) is 4.21. The Morgan fingerprint density at radius 1 is 1.09 bits per heavy atom. The van der Waals surface area contributed by atoms with Gasteiger partial charge >= 0.3 is 11.7 Å². The van der Waals surface area contributed by atoms with Crippen LogP contribution < -0.4 is 15.0 Å². The van der Waals surface area contributed by atoms with Gasteiger partial charge in [0.25, 0.3) is 5.69 Å². The Bertz CT molecular complexity index is 1390. The van der Waals surface area contributed by atoms with Crippen molar-refractivity contribution in [3.63, 3.8) is 0 Å². The summed E-state index contributed by atoms with van der Waals surface area (Å²) in [6.45, 7) is 6.74. The zero-order valence-electron chi connectivity index (χ0n) is 25.2. The molecule has 0 aliphatic rings. The summed E-state index contributed by atoms with van der Waals surface area (Å²) < 4.78 is 11.8. The number of hydrogen-bond donors (Lipinski definition) is 1. The summed E-state index contributed by atoms with van der Waals surface area (Å²) in [6.07, 6.45) is 0.660. The van der Waals surface area contributed by atoms with E-state index in [9.17, 15) is 29.8 Å². The normalized spacial score (nSPS) is 12.1. The van der Waals surface area contributed by atoms with E-state index >= 15 is 0 Å². The van der Waals surface area contributed by atoms with Gasteiger partial charge in [0.2, 0.25) is 5.91 Å². The highest BCUT2D eigenvalue weighted by molar-refractivity contribution is 9.10. The van der Waals surface area contributed by atoms with Gasteiger partial charge in [0, 0.05) is 19.1 Å². The van der Waals surface area contributed by atoms with Crippen molar-refractivity contribution >= 4 is 61.9 Å². The third-order valence-corrected chi connectivity index (χ3v) is 6.91. The number of non-ortho nitro benzene ring substituents is 1. The number of quaternary nitrogens is 1. The van der Waals surface area contributed by atoms with Crippen molar-refractivity contribution in [3.05, 3.63) is 49.0 Å². The second-order valence-electron chi connectivity index (χ2n) is 10.7. The predicted octanol–water partition coefficient (Wildman–Crippen LogP) is 5.75. The summed E-state index contributed by atoms with van der Waals surface area (Å²) in [5, 5.41) is 33.7. The van der Waals surface area contributed by atoms with Crippen molar-refractivity contribution in [1.29, 1.82) is 0 Å². The van der Waals surface area contributed by atoms with Gasteiger partial charge in [0.15, 0.2) is 5.69 Å². The number of carbonyl (C=O) groups is 2. The number of carbonyl (C=O) groups excluding carboxylic acids is 2. The molecule has 0 heterocycles. The lowest BCUT2D eigenvalue weighted by molar-refractivity contribution is -0.868. The predicted molar refractivity (Wildman–Crippen MR) is 164 cm³/mol. The first kappa shape index (κ1) is 35.0. The first-order chi connectivity index (χ1) is 20.1. The van der Waals surface area contributed by atoms with Crippen LogP contribution in [-0.2, 0) is 14.3 Å². The number of likely N-dealkylation sites (N-methyl/N-ethyl adjacent to an activating group) is 1. The molecule has 0 saturated heterocycles. The number of ether oxygens (including phenoxy) is 2. The molecule has 16 heteroatoms. The number of esters is 1. The number of amides is 1. The Morgan fingerprint density at radius 2 is 1.77 bits per heavy atom. The van der Waals surface area contributed by atoms with Crippen LogP contribution in [0.3, 0.4) is 0 Å². The standard InChI is InChI=1S/C27H36BrN7O8/c1-8-17(2)27(37)43-12-10-32(9-11-35(4,5)6)23-15-21(29-18(3)36)22(16-25(23)42-7)30-31-26-20(28)13-19(33(38)39)14-24(26)34(40)41/h13-17H,8-12H2,1-7H3/p+1. The number of azo groups is 1. The first-order valence-electron chi connectivity index (χ1n) is 13.3. The molecule has 1 unspecified atom stereocenters. The lowest BCUT2D eigenvalue weighted by Crippen LogP contribution is -2.43. The van der Waals surface area contributed by atoms with E-state index in [1.807, 2.05) is 33.0 Å². The van der Waals surface area contributed by atoms with E-state index in [1.165, 1.54) is 20.1 Å². The van der Waals surface area contributed by atoms with Gasteiger partial charge in [-0.25, -0.2) is 0 Å². The summed E-state index contributed by atoms with van der Waals surface area (Å²) in [7, 11) is 7.58. The van der Waals surface area contributed by atoms with Crippen LogP contribution in [0.25, 0.3) is 0 Å². The van der Waals surface area contributed by atoms with Crippen LogP contribution in [-0.4, -0.2) is 80.7 Å². The number of halogens is 1. The Morgan fingerprint density at radius 3 is 2.30 bits per heavy atom. The monoisotopic (exact) mass is 666 g/mol. The molecule has 15 nitrogen and oxygen atoms in total. The summed E-state index contributed by atoms with van der Waals surface area (Å²) >= 11 is 3.11. The Kier molecular flexibility index (Phi) is 12.5. The van der Waals surface area contributed by atoms with E-state index in [1.54, 1.807) is 13.0 Å². The molecule has 2 rings (SSSR count). The molecule has 43 heavy (non-hydrogen) atoms. The maximum atomic E-state index is 12.3. The molecule has 0 fully saturated rings. The van der Waals surface area contributed by atoms with Gasteiger partial charge in [-0.3, -0.25) is 29.8 Å². The zero-order chi connectivity index (χ0) is 32.5. The van der Waals surface area contributed by atoms with Gasteiger partial charge < -0.3 is 24.2 Å². The van der Waals surface area contributed by atoms with E-state index in [-0.39, 0.29) is 40.0 Å². The minimum Gasteiger partial charge on any atom is -0.494 e. The second kappa shape index (κ2) is 15.3. The molecule has 1 atom stereocenters. The number of hydrogen-bond acceptors (Lipinski definition) is 11. The average molecular weight is 668 g/mol. The maximum Gasteiger partial charge on any atom is 0.308 e. The van der Waals surface area contributed by atoms with E-state index in [4.69, 9.17) is 9.47 Å². The van der Waals surface area contributed by atoms with Gasteiger partial charge in [-0.05, 0) is 28.4 Å². The molecule has 234 valence electrons. The van der Waals surface area contributed by atoms with Crippen molar-refractivity contribution in [2.75, 3.05) is 64.7 Å². The van der Waals surface area contributed by atoms with Gasteiger partial charge in [-0.1, -0.05) is 13.8 Å². The highest BCUT2D eigenvalue weighted by atomic mass is 79.9. The molecule has 0 aromatic heterocycles. The van der Waals surface area contributed by atoms with E-state index in [2.05, 4.69) is 31.5 Å². The number of nitrogens with one attached hydrogen (secondary N) is 1. The van der Waals surface area contributed by atoms with E-state index in [0.29, 0.717) is 35.4 Å². The van der Waals surface area contributed by atoms with E-state index < -0.39 is 27.1 Å². The third-order valence-electron chi connectivity index (χ3n) is 6.30. The molecular weight excluding hydrogens is 630 g/mol. The number of nitrogens with zero attached hydrogens (tertiary/aromatic N) is 6. The minimum absolute atomic E-state index is 0.0137. The van der Waals surface area contributed by atoms with Crippen molar-refractivity contribution < 1.29 is 33.4 Å². The molecule has 0 spiro atoms. The van der Waals surface area contributed by atoms with Gasteiger partial charge in [0.05, 0.1) is 85.6 Å². The topological polar surface area (TPSA) is 179 Å². The second-order valence-corrected chi connectivity index (χ2v) is 11.6. The summed E-state index contributed by atoms with van der Waals surface area (Å²) in [6, 6.07) is 5.02. The molecule has 2 aromatic carbocycles. The van der Waals surface area contributed by atoms with Gasteiger partial charge in [-0.15, -0.1) is 10.2 Å². The fraction of sp³-hybridized carbons (Fsp3) is 0.481. The van der Waals surface area contributed by atoms with Crippen LogP contribution >= 0.6 is 15.9 Å². The van der Waals surface area contributed by atoms with E-state index in [0.717, 1.165) is 18.7 Å². The Hall–Kier alpha value is -4.18. The molecule has 0 aliphatic heterocycles. The number of nitro groups is 2. The zero-order valence-corrected chi connectivity index (χ0v) is 26.8. The number of methoxy groups -OCH3 is 1. The van der Waals surface area contributed by atoms with Crippen LogP contribution in [0.5, 0.6) is 5.75 Å². The number of benzene rings is 2. The molecule has 1 N–H and O–H groups in total. The number of anilines is 2. The Labute approximate surface area is 257 Å². The lowest BCUT2D eigenvalue weighted by Gasteiger charge is -2.31. The molecule has 1 amide bonds. The van der Waals surface area contributed by atoms with Crippen molar-refractivity contribution in [2.45, 2.75) is 27.2 Å². The fourth-order valence-electron chi connectivity index (χ4n) is 3.70. The molecule has 0 saturated carbocycles. The lowest BCUT2D eigenvalue weighted by atomic mass is 10.1. The minimum atomic E-state index is -0.801. The first-order valence-corrected chi connectivity index (χ1v) is 14.1. The van der Waals surface area contributed by atoms with Crippen molar-refractivity contribution in [1.82, 2.24) is 0 Å². The smallest absolute Gasteiger partial charge is 0.308 e. The van der Waals surface area contributed by atoms with Crippen molar-refractivity contribution in [2.24, 2.45) is 16.1 Å². The SMILES string of the molecule is CCC(C)C(=O)OCCN(CC[N+](C)(C)C)c1cc(NC(C)=O)c(N=Nc2c(Br)cc([N+](=O)[O-])cc2[N+](=O)[O-])cc1OC. The highest BCUT2D eigenvalue weighted by Crippen LogP contribution is 2.43. The highest BCUT2D eigenvalue weighted by Gasteiger charge is 2.25. The molecule has 2 aromatic rings. The maximum absolute atomic E-state index is 12.3. The average Bonchev–Trinajstić information content (AvgIpc) is 2.92. The van der Waals surface area contributed by atoms with Crippen LogP contribution in [0.2, 0.25) is 0 Å². The van der Waals surface area contributed by atoms with Gasteiger partial charge in [0.1, 0.15) is 18.0 Å².